The van der Waals surface area contributed by atoms with E-state index in [0.29, 0.717) is 6.42 Å². The van der Waals surface area contributed by atoms with Gasteiger partial charge in [-0.05, 0) is 25.5 Å². The molecule has 0 unspecified atom stereocenters. The molecule has 19 heavy (non-hydrogen) atoms. The number of carbonyl (C=O) groups excluding carboxylic acids is 1. The molecule has 0 saturated carbocycles. The zero-order valence-corrected chi connectivity index (χ0v) is 12.1. The van der Waals surface area contributed by atoms with E-state index in [-0.39, 0.29) is 21.9 Å². The molecule has 7 heteroatoms. The summed E-state index contributed by atoms with van der Waals surface area (Å²) in [6.07, 6.45) is 0.622. The number of pyridine rings is 1. The summed E-state index contributed by atoms with van der Waals surface area (Å²) in [5, 5.41) is 9.15. The Morgan fingerprint density at radius 3 is 2.58 bits per heavy atom. The summed E-state index contributed by atoms with van der Waals surface area (Å²) in [5.74, 6) is -1.63. The Morgan fingerprint density at radius 1 is 1.42 bits per heavy atom. The van der Waals surface area contributed by atoms with Gasteiger partial charge >= 0.3 is 5.97 Å². The summed E-state index contributed by atoms with van der Waals surface area (Å²) < 4.78 is 0. The highest BCUT2D eigenvalue weighted by Gasteiger charge is 2.25. The van der Waals surface area contributed by atoms with Crippen molar-refractivity contribution in [2.24, 2.45) is 0 Å². The fraction of sp³-hybridized carbons (Fsp3) is 0.417. The molecule has 0 spiro atoms. The Labute approximate surface area is 121 Å². The smallest absolute Gasteiger partial charge is 0.323 e. The van der Waals surface area contributed by atoms with Gasteiger partial charge in [0.05, 0.1) is 5.02 Å². The lowest BCUT2D eigenvalue weighted by Gasteiger charge is -2.26. The predicted octanol–water partition coefficient (Wildman–Crippen LogP) is 2.71. The van der Waals surface area contributed by atoms with Gasteiger partial charge < -0.3 is 10.0 Å². The largest absolute Gasteiger partial charge is 0.480 e. The highest BCUT2D eigenvalue weighted by Crippen LogP contribution is 2.20. The van der Waals surface area contributed by atoms with Crippen LogP contribution in [0.5, 0.6) is 0 Å². The average molecular weight is 305 g/mol. The number of halogens is 2. The molecule has 1 rings (SSSR count). The quantitative estimate of drug-likeness (QED) is 0.849. The minimum atomic E-state index is -1.09. The van der Waals surface area contributed by atoms with Gasteiger partial charge in [0, 0.05) is 6.04 Å². The van der Waals surface area contributed by atoms with Crippen molar-refractivity contribution in [1.82, 2.24) is 9.88 Å². The van der Waals surface area contributed by atoms with Crippen molar-refractivity contribution in [3.8, 4) is 0 Å². The number of aromatic nitrogens is 1. The van der Waals surface area contributed by atoms with Crippen molar-refractivity contribution in [3.63, 3.8) is 0 Å². The minimum Gasteiger partial charge on any atom is -0.480 e. The van der Waals surface area contributed by atoms with Gasteiger partial charge in [0.25, 0.3) is 5.91 Å². The number of carboxylic acids is 1. The zero-order chi connectivity index (χ0) is 14.6. The molecule has 0 aromatic carbocycles. The van der Waals surface area contributed by atoms with Crippen LogP contribution in [0.4, 0.5) is 0 Å². The molecule has 0 aliphatic heterocycles. The van der Waals surface area contributed by atoms with Crippen LogP contribution in [-0.4, -0.2) is 39.5 Å². The number of rotatable bonds is 5. The summed E-state index contributed by atoms with van der Waals surface area (Å²) in [6.45, 7) is 3.22. The molecule has 1 aromatic heterocycles. The second-order valence-corrected chi connectivity index (χ2v) is 4.84. The van der Waals surface area contributed by atoms with E-state index in [1.54, 1.807) is 6.92 Å². The number of hydrogen-bond donors (Lipinski definition) is 1. The van der Waals surface area contributed by atoms with Gasteiger partial charge in [-0.25, -0.2) is 4.98 Å². The van der Waals surface area contributed by atoms with Crippen molar-refractivity contribution < 1.29 is 14.7 Å². The van der Waals surface area contributed by atoms with Crippen LogP contribution in [0.2, 0.25) is 10.2 Å². The molecule has 1 aromatic rings. The van der Waals surface area contributed by atoms with Gasteiger partial charge in [0.1, 0.15) is 17.4 Å². The summed E-state index contributed by atoms with van der Waals surface area (Å²) in [7, 11) is 0. The maximum atomic E-state index is 12.3. The summed E-state index contributed by atoms with van der Waals surface area (Å²) in [6, 6.07) is 2.69. The Morgan fingerprint density at radius 2 is 2.05 bits per heavy atom. The van der Waals surface area contributed by atoms with Crippen molar-refractivity contribution in [3.05, 3.63) is 28.0 Å². The average Bonchev–Trinajstić information content (AvgIpc) is 2.37. The van der Waals surface area contributed by atoms with Crippen LogP contribution < -0.4 is 0 Å². The van der Waals surface area contributed by atoms with Crippen LogP contribution in [0.25, 0.3) is 0 Å². The van der Waals surface area contributed by atoms with Crippen LogP contribution in [0.3, 0.4) is 0 Å². The summed E-state index contributed by atoms with van der Waals surface area (Å²) >= 11 is 11.6. The summed E-state index contributed by atoms with van der Waals surface area (Å²) in [5.41, 5.74) is -0.0317. The van der Waals surface area contributed by atoms with Gasteiger partial charge in [-0.1, -0.05) is 30.1 Å². The molecule has 1 heterocycles. The first kappa shape index (κ1) is 15.7. The van der Waals surface area contributed by atoms with E-state index in [1.165, 1.54) is 17.0 Å². The lowest BCUT2D eigenvalue weighted by Crippen LogP contribution is -2.42. The van der Waals surface area contributed by atoms with E-state index in [4.69, 9.17) is 28.3 Å². The lowest BCUT2D eigenvalue weighted by atomic mass is 10.2. The van der Waals surface area contributed by atoms with Crippen LogP contribution >= 0.6 is 23.2 Å². The monoisotopic (exact) mass is 304 g/mol. The van der Waals surface area contributed by atoms with E-state index in [1.807, 2.05) is 6.92 Å². The fourth-order valence-electron chi connectivity index (χ4n) is 1.50. The molecular formula is C12H14Cl2N2O3. The Bertz CT molecular complexity index is 494. The van der Waals surface area contributed by atoms with E-state index >= 15 is 0 Å². The number of nitrogens with zero attached hydrogens (tertiary/aromatic N) is 2. The second kappa shape index (κ2) is 6.73. The van der Waals surface area contributed by atoms with Gasteiger partial charge in [-0.15, -0.1) is 0 Å². The van der Waals surface area contributed by atoms with E-state index < -0.39 is 18.4 Å². The molecule has 1 amide bonds. The molecule has 0 fully saturated rings. The molecule has 1 N–H and O–H groups in total. The minimum absolute atomic E-state index is 0.0317. The summed E-state index contributed by atoms with van der Waals surface area (Å²) in [4.78, 5) is 28.2. The molecular weight excluding hydrogens is 291 g/mol. The molecule has 0 radical (unpaired) electrons. The van der Waals surface area contributed by atoms with Crippen LogP contribution in [-0.2, 0) is 4.79 Å². The van der Waals surface area contributed by atoms with Crippen molar-refractivity contribution in [1.29, 1.82) is 0 Å². The normalized spacial score (nSPS) is 12.0. The first-order valence-corrected chi connectivity index (χ1v) is 6.47. The highest BCUT2D eigenvalue weighted by atomic mass is 35.5. The molecule has 0 saturated heterocycles. The third-order valence-corrected chi connectivity index (χ3v) is 3.22. The van der Waals surface area contributed by atoms with Crippen molar-refractivity contribution >= 4 is 35.1 Å². The van der Waals surface area contributed by atoms with Crippen LogP contribution in [0, 0.1) is 0 Å². The van der Waals surface area contributed by atoms with E-state index in [0.717, 1.165) is 0 Å². The number of hydrogen-bond acceptors (Lipinski definition) is 3. The maximum Gasteiger partial charge on any atom is 0.323 e. The molecule has 0 aliphatic rings. The number of amides is 1. The molecule has 5 nitrogen and oxygen atoms in total. The Hall–Kier alpha value is -1.33. The van der Waals surface area contributed by atoms with Crippen molar-refractivity contribution in [2.75, 3.05) is 6.54 Å². The second-order valence-electron chi connectivity index (χ2n) is 4.05. The maximum absolute atomic E-state index is 12.3. The first-order valence-electron chi connectivity index (χ1n) is 5.71. The first-order chi connectivity index (χ1) is 8.86. The molecule has 0 bridgehead atoms. The van der Waals surface area contributed by atoms with Gasteiger partial charge in [0.15, 0.2) is 0 Å². The molecule has 0 aliphatic carbocycles. The van der Waals surface area contributed by atoms with E-state index in [9.17, 15) is 9.59 Å². The standard InChI is InChI=1S/C12H14Cl2N2O3/c1-3-7(2)16(6-10(17)18)12(19)11-8(13)4-5-9(14)15-11/h4-5,7H,3,6H2,1-2H3,(H,17,18)/t7-/m0/s1. The Kier molecular flexibility index (Phi) is 5.57. The molecule has 1 atom stereocenters. The topological polar surface area (TPSA) is 70.5 Å². The van der Waals surface area contributed by atoms with Gasteiger partial charge in [-0.2, -0.15) is 0 Å². The van der Waals surface area contributed by atoms with Gasteiger partial charge in [0.2, 0.25) is 0 Å². The molecule has 104 valence electrons. The third-order valence-electron chi connectivity index (χ3n) is 2.70. The van der Waals surface area contributed by atoms with Crippen molar-refractivity contribution in [2.45, 2.75) is 26.3 Å². The lowest BCUT2D eigenvalue weighted by molar-refractivity contribution is -0.138. The predicted molar refractivity (Wildman–Crippen MR) is 72.7 cm³/mol. The number of aliphatic carboxylic acids is 1. The SMILES string of the molecule is CC[C@H](C)N(CC(=O)O)C(=O)c1nc(Cl)ccc1Cl. The Balaban J connectivity index is 3.11. The van der Waals surface area contributed by atoms with E-state index in [2.05, 4.69) is 4.98 Å². The fourth-order valence-corrected chi connectivity index (χ4v) is 1.83. The van der Waals surface area contributed by atoms with Gasteiger partial charge in [-0.3, -0.25) is 9.59 Å². The van der Waals surface area contributed by atoms with Crippen LogP contribution in [0.15, 0.2) is 12.1 Å². The third kappa shape index (κ3) is 4.08. The number of carboxylic acid groups (broad SMARTS) is 1. The highest BCUT2D eigenvalue weighted by molar-refractivity contribution is 6.34. The zero-order valence-electron chi connectivity index (χ0n) is 10.6. The van der Waals surface area contributed by atoms with Crippen LogP contribution in [0.1, 0.15) is 30.8 Å². The number of carbonyl (C=O) groups is 2.